The molecule has 0 aliphatic heterocycles. The molecule has 0 aliphatic rings. The highest BCUT2D eigenvalue weighted by Crippen LogP contribution is 2.09. The number of allylic oxidation sites excluding steroid dienone is 3. The van der Waals surface area contributed by atoms with Crippen LogP contribution in [0.25, 0.3) is 0 Å². The molecule has 0 spiro atoms. The Kier molecular flexibility index (Phi) is 21.4. The van der Waals surface area contributed by atoms with E-state index in [1.165, 1.54) is 83.6 Å². The molecule has 0 aliphatic carbocycles. The minimum absolute atomic E-state index is 0.0560. The van der Waals surface area contributed by atoms with Gasteiger partial charge in [0.25, 0.3) is 0 Å². The van der Waals surface area contributed by atoms with Crippen LogP contribution in [0.15, 0.2) is 24.3 Å². The Morgan fingerprint density at radius 2 is 1.32 bits per heavy atom. The minimum Gasteiger partial charge on any atom is -0.462 e. The SMILES string of the molecule is CCCCCCCC/C=C\CCCCCCCC(=O)NCCCOC(=O)C=CC(C)=O. The number of esters is 1. The second kappa shape index (κ2) is 22.8. The van der Waals surface area contributed by atoms with Crippen LogP contribution >= 0.6 is 0 Å². The topological polar surface area (TPSA) is 72.5 Å². The van der Waals surface area contributed by atoms with Crippen molar-refractivity contribution in [3.8, 4) is 0 Å². The monoisotopic (exact) mass is 435 g/mol. The van der Waals surface area contributed by atoms with Gasteiger partial charge in [-0.1, -0.05) is 70.4 Å². The summed E-state index contributed by atoms with van der Waals surface area (Å²) < 4.78 is 4.93. The average molecular weight is 436 g/mol. The molecule has 0 atom stereocenters. The highest BCUT2D eigenvalue weighted by Gasteiger charge is 2.02. The molecule has 0 radical (unpaired) electrons. The van der Waals surface area contributed by atoms with Gasteiger partial charge in [-0.25, -0.2) is 4.79 Å². The molecular formula is C26H45NO4. The molecule has 5 nitrogen and oxygen atoms in total. The van der Waals surface area contributed by atoms with Gasteiger partial charge in [-0.05, 0) is 51.5 Å². The highest BCUT2D eigenvalue weighted by molar-refractivity contribution is 5.94. The first kappa shape index (κ1) is 29.1. The summed E-state index contributed by atoms with van der Waals surface area (Å²) in [5, 5.41) is 2.84. The third-order valence-corrected chi connectivity index (χ3v) is 5.01. The molecule has 0 aromatic carbocycles. The molecule has 178 valence electrons. The van der Waals surface area contributed by atoms with Crippen LogP contribution in [0.3, 0.4) is 0 Å². The van der Waals surface area contributed by atoms with Crippen LogP contribution < -0.4 is 5.32 Å². The molecular weight excluding hydrogens is 390 g/mol. The second-order valence-corrected chi connectivity index (χ2v) is 8.15. The lowest BCUT2D eigenvalue weighted by molar-refractivity contribution is -0.138. The molecule has 1 N–H and O–H groups in total. The van der Waals surface area contributed by atoms with Crippen molar-refractivity contribution < 1.29 is 19.1 Å². The molecule has 1 amide bonds. The van der Waals surface area contributed by atoms with E-state index in [4.69, 9.17) is 4.74 Å². The Labute approximate surface area is 190 Å². The first-order chi connectivity index (χ1) is 15.1. The predicted octanol–water partition coefficient (Wildman–Crippen LogP) is 6.22. The zero-order chi connectivity index (χ0) is 23.0. The lowest BCUT2D eigenvalue weighted by Gasteiger charge is -2.05. The number of ether oxygens (including phenoxy) is 1. The molecule has 0 saturated carbocycles. The lowest BCUT2D eigenvalue weighted by atomic mass is 10.1. The molecule has 0 rings (SSSR count). The molecule has 0 heterocycles. The Bertz CT molecular complexity index is 526. The smallest absolute Gasteiger partial charge is 0.330 e. The van der Waals surface area contributed by atoms with Gasteiger partial charge in [0.2, 0.25) is 5.91 Å². The average Bonchev–Trinajstić information content (AvgIpc) is 2.74. The van der Waals surface area contributed by atoms with Gasteiger partial charge < -0.3 is 10.1 Å². The van der Waals surface area contributed by atoms with E-state index in [0.29, 0.717) is 19.4 Å². The van der Waals surface area contributed by atoms with Crippen LogP contribution in [-0.2, 0) is 19.1 Å². The van der Waals surface area contributed by atoms with Gasteiger partial charge in [0.15, 0.2) is 5.78 Å². The van der Waals surface area contributed by atoms with E-state index in [-0.39, 0.29) is 18.3 Å². The summed E-state index contributed by atoms with van der Waals surface area (Å²) in [4.78, 5) is 33.7. The van der Waals surface area contributed by atoms with Gasteiger partial charge in [0, 0.05) is 19.0 Å². The molecule has 0 bridgehead atoms. The van der Waals surface area contributed by atoms with Gasteiger partial charge in [-0.3, -0.25) is 9.59 Å². The van der Waals surface area contributed by atoms with Crippen LogP contribution in [0.4, 0.5) is 0 Å². The maximum atomic E-state index is 11.8. The Morgan fingerprint density at radius 3 is 1.94 bits per heavy atom. The molecule has 31 heavy (non-hydrogen) atoms. The summed E-state index contributed by atoms with van der Waals surface area (Å²) >= 11 is 0. The Morgan fingerprint density at radius 1 is 0.742 bits per heavy atom. The number of unbranched alkanes of at least 4 members (excludes halogenated alkanes) is 11. The van der Waals surface area contributed by atoms with Gasteiger partial charge >= 0.3 is 5.97 Å². The first-order valence-electron chi connectivity index (χ1n) is 12.3. The summed E-state index contributed by atoms with van der Waals surface area (Å²) in [5.41, 5.74) is 0. The number of nitrogens with one attached hydrogen (secondary N) is 1. The summed E-state index contributed by atoms with van der Waals surface area (Å²) in [5.74, 6) is -0.671. The third-order valence-electron chi connectivity index (χ3n) is 5.01. The van der Waals surface area contributed by atoms with E-state index in [1.807, 2.05) is 0 Å². The molecule has 0 fully saturated rings. The largest absolute Gasteiger partial charge is 0.462 e. The van der Waals surface area contributed by atoms with Gasteiger partial charge in [0.1, 0.15) is 0 Å². The fourth-order valence-electron chi connectivity index (χ4n) is 3.15. The number of amides is 1. The number of ketones is 1. The van der Waals surface area contributed by atoms with Gasteiger partial charge in [-0.2, -0.15) is 0 Å². The fraction of sp³-hybridized carbons (Fsp3) is 0.731. The van der Waals surface area contributed by atoms with Crippen LogP contribution in [0.5, 0.6) is 0 Å². The Balaban J connectivity index is 3.35. The van der Waals surface area contributed by atoms with Crippen LogP contribution in [0.1, 0.15) is 110 Å². The van der Waals surface area contributed by atoms with Crippen molar-refractivity contribution >= 4 is 17.7 Å². The number of rotatable bonds is 21. The normalized spacial score (nSPS) is 11.3. The summed E-state index contributed by atoms with van der Waals surface area (Å²) in [7, 11) is 0. The van der Waals surface area contributed by atoms with E-state index in [1.54, 1.807) is 0 Å². The van der Waals surface area contributed by atoms with Crippen molar-refractivity contribution in [2.24, 2.45) is 0 Å². The first-order valence-corrected chi connectivity index (χ1v) is 12.3. The summed E-state index contributed by atoms with van der Waals surface area (Å²) in [6, 6.07) is 0. The van der Waals surface area contributed by atoms with Crippen molar-refractivity contribution in [3.63, 3.8) is 0 Å². The molecule has 5 heteroatoms. The maximum Gasteiger partial charge on any atom is 0.330 e. The number of carbonyl (C=O) groups is 3. The molecule has 0 saturated heterocycles. The quantitative estimate of drug-likeness (QED) is 0.101. The van der Waals surface area contributed by atoms with E-state index in [2.05, 4.69) is 24.4 Å². The highest BCUT2D eigenvalue weighted by atomic mass is 16.5. The van der Waals surface area contributed by atoms with Crippen LogP contribution in [-0.4, -0.2) is 30.8 Å². The second-order valence-electron chi connectivity index (χ2n) is 8.15. The van der Waals surface area contributed by atoms with Crippen molar-refractivity contribution in [1.82, 2.24) is 5.32 Å². The van der Waals surface area contributed by atoms with Crippen molar-refractivity contribution in [2.45, 2.75) is 110 Å². The van der Waals surface area contributed by atoms with E-state index >= 15 is 0 Å². The van der Waals surface area contributed by atoms with E-state index in [0.717, 1.165) is 18.9 Å². The number of hydrogen-bond donors (Lipinski definition) is 1. The minimum atomic E-state index is -0.533. The van der Waals surface area contributed by atoms with E-state index < -0.39 is 5.97 Å². The fourth-order valence-corrected chi connectivity index (χ4v) is 3.15. The van der Waals surface area contributed by atoms with Crippen LogP contribution in [0.2, 0.25) is 0 Å². The standard InChI is InChI=1S/C26H45NO4/c1-3-4-5-6-7-8-9-10-11-12-13-14-15-16-17-19-25(29)27-22-18-23-31-26(30)21-20-24(2)28/h10-11,20-21H,3-9,12-19,22-23H2,1-2H3,(H,27,29)/b11-10-,21-20?. The van der Waals surface area contributed by atoms with E-state index in [9.17, 15) is 14.4 Å². The number of carbonyl (C=O) groups excluding carboxylic acids is 3. The van der Waals surface area contributed by atoms with Gasteiger partial charge in [0.05, 0.1) is 6.61 Å². The molecule has 0 unspecified atom stereocenters. The van der Waals surface area contributed by atoms with Gasteiger partial charge in [-0.15, -0.1) is 0 Å². The van der Waals surface area contributed by atoms with Crippen molar-refractivity contribution in [3.05, 3.63) is 24.3 Å². The number of hydrogen-bond acceptors (Lipinski definition) is 4. The summed E-state index contributed by atoms with van der Waals surface area (Å²) in [6.45, 7) is 4.35. The Hall–Kier alpha value is -1.91. The van der Waals surface area contributed by atoms with Crippen LogP contribution in [0, 0.1) is 0 Å². The van der Waals surface area contributed by atoms with Crippen molar-refractivity contribution in [2.75, 3.05) is 13.2 Å². The lowest BCUT2D eigenvalue weighted by Crippen LogP contribution is -2.25. The zero-order valence-corrected chi connectivity index (χ0v) is 20.0. The molecule has 0 aromatic rings. The third kappa shape index (κ3) is 24.2. The summed E-state index contributed by atoms with van der Waals surface area (Å²) in [6.07, 6.45) is 24.3. The molecule has 0 aromatic heterocycles. The maximum absolute atomic E-state index is 11.8. The van der Waals surface area contributed by atoms with Crippen molar-refractivity contribution in [1.29, 1.82) is 0 Å². The zero-order valence-electron chi connectivity index (χ0n) is 20.0. The predicted molar refractivity (Wildman–Crippen MR) is 128 cm³/mol.